The number of carbonyl (C=O) groups excluding carboxylic acids is 3. The highest BCUT2D eigenvalue weighted by atomic mass is 32.2. The number of carbonyl (C=O) groups is 3. The van der Waals surface area contributed by atoms with Gasteiger partial charge in [-0.2, -0.15) is 0 Å². The number of hydrogen-bond donors (Lipinski definition) is 1. The first-order chi connectivity index (χ1) is 21.6. The molecule has 0 bridgehead atoms. The van der Waals surface area contributed by atoms with Crippen LogP contribution in [0.2, 0.25) is 0 Å². The second-order valence-electron chi connectivity index (χ2n) is 10.3. The fraction of sp³-hybridized carbons (Fsp3) is 0.108. The highest BCUT2D eigenvalue weighted by Crippen LogP contribution is 2.45. The van der Waals surface area contributed by atoms with E-state index in [-0.39, 0.29) is 40.3 Å². The minimum absolute atomic E-state index is 0.0187. The van der Waals surface area contributed by atoms with Crippen molar-refractivity contribution in [2.75, 3.05) is 0 Å². The normalized spacial score (nSPS) is 20.3. The van der Waals surface area contributed by atoms with Gasteiger partial charge in [0, 0.05) is 15.4 Å². The summed E-state index contributed by atoms with van der Waals surface area (Å²) in [5.74, 6) is -0.256. The molecule has 218 valence electrons. The van der Waals surface area contributed by atoms with E-state index in [2.05, 4.69) is 17.4 Å². The molecule has 0 saturated carbocycles. The van der Waals surface area contributed by atoms with E-state index in [0.717, 1.165) is 15.4 Å². The fourth-order valence-corrected chi connectivity index (χ4v) is 7.57. The highest BCUT2D eigenvalue weighted by Gasteiger charge is 2.52. The van der Waals surface area contributed by atoms with Crippen LogP contribution < -0.4 is 5.32 Å². The van der Waals surface area contributed by atoms with E-state index in [1.54, 1.807) is 23.9 Å². The monoisotopic (exact) mass is 614 g/mol. The molecule has 2 aliphatic heterocycles. The van der Waals surface area contributed by atoms with Gasteiger partial charge in [-0.05, 0) is 47.5 Å². The highest BCUT2D eigenvalue weighted by molar-refractivity contribution is 8.01. The third kappa shape index (κ3) is 6.49. The van der Waals surface area contributed by atoms with E-state index in [1.807, 2.05) is 127 Å². The Labute approximate surface area is 265 Å². The maximum atomic E-state index is 12.9. The van der Waals surface area contributed by atoms with Crippen LogP contribution in [0.4, 0.5) is 0 Å². The van der Waals surface area contributed by atoms with Gasteiger partial charge in [-0.1, -0.05) is 115 Å². The van der Waals surface area contributed by atoms with E-state index in [1.165, 1.54) is 22.2 Å². The van der Waals surface area contributed by atoms with Crippen molar-refractivity contribution in [2.45, 2.75) is 32.4 Å². The molecule has 2 fully saturated rings. The van der Waals surface area contributed by atoms with Crippen molar-refractivity contribution in [1.29, 1.82) is 0 Å². The van der Waals surface area contributed by atoms with E-state index in [4.69, 9.17) is 0 Å². The number of benzene rings is 5. The minimum atomic E-state index is -0.299. The number of likely N-dealkylation sites (tertiary alicyclic amines) is 1. The molecular weight excluding hydrogens is 585 g/mol. The summed E-state index contributed by atoms with van der Waals surface area (Å²) in [6, 6.07) is 48.6. The number of nitrogens with zero attached hydrogens (tertiary/aromatic N) is 1. The van der Waals surface area contributed by atoms with Crippen molar-refractivity contribution in [3.8, 4) is 0 Å². The molecule has 2 aliphatic rings. The molecule has 0 spiro atoms. The topological polar surface area (TPSA) is 66.5 Å². The Balaban J connectivity index is 0.000000167. The number of β-lactam (4-membered cyclic amide) rings is 2. The van der Waals surface area contributed by atoms with Crippen LogP contribution in [0.5, 0.6) is 0 Å². The predicted octanol–water partition coefficient (Wildman–Crippen LogP) is 7.59. The number of rotatable bonds is 7. The SMILES string of the molecule is O=C(c1ccccc1)N1C(=O)[C@H](Sc2ccccc2)[C@@H]1c1ccccc1.O=C1N[C@@H](c2ccccc2)[C@H]1Sc1ccccc1. The zero-order valence-corrected chi connectivity index (χ0v) is 25.4. The lowest BCUT2D eigenvalue weighted by molar-refractivity contribution is -0.140. The number of thioether (sulfide) groups is 2. The van der Waals surface area contributed by atoms with Gasteiger partial charge in [0.25, 0.3) is 5.91 Å². The molecule has 5 aromatic carbocycles. The molecule has 0 radical (unpaired) electrons. The molecular formula is C37H30N2O3S2. The molecule has 0 unspecified atom stereocenters. The summed E-state index contributed by atoms with van der Waals surface area (Å²) in [6.07, 6.45) is 0. The summed E-state index contributed by atoms with van der Waals surface area (Å²) >= 11 is 3.14. The second kappa shape index (κ2) is 13.8. The molecule has 0 aromatic heterocycles. The van der Waals surface area contributed by atoms with Gasteiger partial charge in [0.2, 0.25) is 11.8 Å². The summed E-state index contributed by atoms with van der Waals surface area (Å²) in [5.41, 5.74) is 2.68. The quantitative estimate of drug-likeness (QED) is 0.151. The van der Waals surface area contributed by atoms with Gasteiger partial charge in [-0.25, -0.2) is 0 Å². The molecule has 2 saturated heterocycles. The summed E-state index contributed by atoms with van der Waals surface area (Å²) in [7, 11) is 0. The van der Waals surface area contributed by atoms with Gasteiger partial charge in [-0.15, -0.1) is 23.5 Å². The Morgan fingerprint density at radius 2 is 0.977 bits per heavy atom. The van der Waals surface area contributed by atoms with Gasteiger partial charge < -0.3 is 5.32 Å². The van der Waals surface area contributed by atoms with Crippen molar-refractivity contribution < 1.29 is 14.4 Å². The summed E-state index contributed by atoms with van der Waals surface area (Å²) in [6.45, 7) is 0. The molecule has 5 nitrogen and oxygen atoms in total. The summed E-state index contributed by atoms with van der Waals surface area (Å²) < 4.78 is 0. The van der Waals surface area contributed by atoms with E-state index in [0.29, 0.717) is 5.56 Å². The Bertz CT molecular complexity index is 1710. The minimum Gasteiger partial charge on any atom is -0.347 e. The molecule has 2 heterocycles. The van der Waals surface area contributed by atoms with Crippen LogP contribution in [0.3, 0.4) is 0 Å². The molecule has 0 aliphatic carbocycles. The predicted molar refractivity (Wildman–Crippen MR) is 176 cm³/mol. The molecule has 7 heteroatoms. The summed E-state index contributed by atoms with van der Waals surface area (Å²) in [5, 5.41) is 2.65. The van der Waals surface area contributed by atoms with Crippen LogP contribution in [0.1, 0.15) is 33.6 Å². The second-order valence-corrected chi connectivity index (χ2v) is 12.8. The van der Waals surface area contributed by atoms with E-state index >= 15 is 0 Å². The van der Waals surface area contributed by atoms with Crippen LogP contribution >= 0.6 is 23.5 Å². The number of imide groups is 1. The van der Waals surface area contributed by atoms with Crippen molar-refractivity contribution >= 4 is 41.2 Å². The third-order valence-electron chi connectivity index (χ3n) is 7.46. The Hall–Kier alpha value is -4.59. The van der Waals surface area contributed by atoms with Gasteiger partial charge in [0.05, 0.1) is 12.1 Å². The molecule has 4 atom stereocenters. The zero-order chi connectivity index (χ0) is 30.3. The first-order valence-electron chi connectivity index (χ1n) is 14.4. The molecule has 1 N–H and O–H groups in total. The molecule has 5 aromatic rings. The Kier molecular flexibility index (Phi) is 9.25. The average Bonchev–Trinajstić information content (AvgIpc) is 3.09. The van der Waals surface area contributed by atoms with Gasteiger partial charge in [-0.3, -0.25) is 19.3 Å². The van der Waals surface area contributed by atoms with Gasteiger partial charge in [0.1, 0.15) is 10.5 Å². The Morgan fingerprint density at radius 3 is 1.48 bits per heavy atom. The van der Waals surface area contributed by atoms with E-state index in [9.17, 15) is 14.4 Å². The molecule has 7 rings (SSSR count). The standard InChI is InChI=1S/C22H17NO2S.C15H13NOS/c24-21(17-12-6-2-7-13-17)23-19(16-10-4-1-5-11-16)20(22(23)25)26-18-14-8-3-9-15-18;17-15-14(18-12-9-5-2-6-10-12)13(16-15)11-7-3-1-4-8-11/h1-15,19-20H;1-10,13-14H,(H,16,17)/t19-,20+;13-,14+/m00/s1. The number of hydrogen-bond acceptors (Lipinski definition) is 5. The van der Waals surface area contributed by atoms with Gasteiger partial charge in [0.15, 0.2) is 0 Å². The van der Waals surface area contributed by atoms with Crippen molar-refractivity contribution in [2.24, 2.45) is 0 Å². The largest absolute Gasteiger partial charge is 0.347 e. The van der Waals surface area contributed by atoms with Gasteiger partial charge >= 0.3 is 0 Å². The number of nitrogens with one attached hydrogen (secondary N) is 1. The molecule has 3 amide bonds. The van der Waals surface area contributed by atoms with Crippen LogP contribution in [0, 0.1) is 0 Å². The lowest BCUT2D eigenvalue weighted by Crippen LogP contribution is -2.59. The van der Waals surface area contributed by atoms with Crippen molar-refractivity contribution in [3.63, 3.8) is 0 Å². The lowest BCUT2D eigenvalue weighted by Gasteiger charge is -2.45. The van der Waals surface area contributed by atoms with E-state index < -0.39 is 0 Å². The van der Waals surface area contributed by atoms with Crippen LogP contribution in [0.25, 0.3) is 0 Å². The fourth-order valence-electron chi connectivity index (χ4n) is 5.20. The van der Waals surface area contributed by atoms with Crippen LogP contribution in [0.15, 0.2) is 161 Å². The maximum Gasteiger partial charge on any atom is 0.261 e. The van der Waals surface area contributed by atoms with Crippen LogP contribution in [-0.4, -0.2) is 33.1 Å². The lowest BCUT2D eigenvalue weighted by atomic mass is 9.92. The third-order valence-corrected chi connectivity index (χ3v) is 10.00. The summed E-state index contributed by atoms with van der Waals surface area (Å²) in [4.78, 5) is 41.0. The first-order valence-corrected chi connectivity index (χ1v) is 16.1. The molecule has 44 heavy (non-hydrogen) atoms. The van der Waals surface area contributed by atoms with Crippen LogP contribution in [-0.2, 0) is 9.59 Å². The zero-order valence-electron chi connectivity index (χ0n) is 23.7. The number of amides is 3. The van der Waals surface area contributed by atoms with Crippen molar-refractivity contribution in [1.82, 2.24) is 10.2 Å². The average molecular weight is 615 g/mol. The van der Waals surface area contributed by atoms with Crippen molar-refractivity contribution in [3.05, 3.63) is 168 Å². The Morgan fingerprint density at radius 1 is 0.545 bits per heavy atom. The first kappa shape index (κ1) is 29.5. The smallest absolute Gasteiger partial charge is 0.261 e. The maximum absolute atomic E-state index is 12.9.